The number of ether oxygens (including phenoxy) is 1. The summed E-state index contributed by atoms with van der Waals surface area (Å²) in [5, 5.41) is 0. The number of benzene rings is 6. The van der Waals surface area contributed by atoms with Crippen LogP contribution in [0.15, 0.2) is 189 Å². The molecule has 0 bridgehead atoms. The molecule has 6 nitrogen and oxygen atoms in total. The molecule has 0 saturated heterocycles. The van der Waals surface area contributed by atoms with Gasteiger partial charge in [0.15, 0.2) is 17.5 Å². The predicted octanol–water partition coefficient (Wildman–Crippen LogP) is 12.6. The summed E-state index contributed by atoms with van der Waals surface area (Å²) in [6.07, 6.45) is 11.7. The van der Waals surface area contributed by atoms with Gasteiger partial charge in [-0.1, -0.05) is 133 Å². The van der Waals surface area contributed by atoms with Gasteiger partial charge >= 0.3 is 0 Å². The highest BCUT2D eigenvalue weighted by atomic mass is 16.5. The molecule has 4 heterocycles. The van der Waals surface area contributed by atoms with Gasteiger partial charge in [-0.2, -0.15) is 0 Å². The van der Waals surface area contributed by atoms with E-state index >= 15 is 0 Å². The Kier molecular flexibility index (Phi) is 8.74. The fourth-order valence-corrected chi connectivity index (χ4v) is 7.32. The smallest absolute Gasteiger partial charge is 0.164 e. The van der Waals surface area contributed by atoms with Crippen LogP contribution in [0.1, 0.15) is 11.1 Å². The van der Waals surface area contributed by atoms with Crippen LogP contribution < -0.4 is 4.74 Å². The summed E-state index contributed by atoms with van der Waals surface area (Å²) in [4.78, 5) is 24.2. The molecule has 0 atom stereocenters. The summed E-state index contributed by atoms with van der Waals surface area (Å²) < 4.78 is 6.80. The van der Waals surface area contributed by atoms with Crippen molar-refractivity contribution in [2.75, 3.05) is 0 Å². The summed E-state index contributed by atoms with van der Waals surface area (Å²) in [5.74, 6) is 3.25. The molecule has 10 rings (SSSR count). The monoisotopic (exact) mass is 731 g/mol. The number of para-hydroxylation sites is 2. The number of hydrogen-bond acceptors (Lipinski definition) is 6. The molecular weight excluding hydrogens is 699 g/mol. The van der Waals surface area contributed by atoms with Crippen LogP contribution >= 0.6 is 0 Å². The number of rotatable bonds is 5. The van der Waals surface area contributed by atoms with Crippen molar-refractivity contribution in [3.8, 4) is 90.2 Å². The number of hydrogen-bond donors (Lipinski definition) is 0. The third kappa shape index (κ3) is 6.77. The normalized spacial score (nSPS) is 11.6. The van der Waals surface area contributed by atoms with E-state index in [9.17, 15) is 0 Å². The summed E-state index contributed by atoms with van der Waals surface area (Å²) in [7, 11) is 0. The first-order valence-electron chi connectivity index (χ1n) is 18.8. The molecule has 3 aromatic heterocycles. The van der Waals surface area contributed by atoms with Crippen LogP contribution in [0.2, 0.25) is 0 Å². The Bertz CT molecular complexity index is 2840. The minimum absolute atomic E-state index is 0.559. The van der Waals surface area contributed by atoms with Crippen LogP contribution in [0.4, 0.5) is 0 Å². The van der Waals surface area contributed by atoms with Gasteiger partial charge in [-0.3, -0.25) is 9.97 Å². The van der Waals surface area contributed by atoms with E-state index < -0.39 is 0 Å². The van der Waals surface area contributed by atoms with Gasteiger partial charge in [-0.15, -0.1) is 0 Å². The van der Waals surface area contributed by atoms with Gasteiger partial charge in [0.1, 0.15) is 11.5 Å². The van der Waals surface area contributed by atoms with Crippen molar-refractivity contribution >= 4 is 12.2 Å². The third-order valence-electron chi connectivity index (χ3n) is 10.2. The molecule has 1 aliphatic heterocycles. The Morgan fingerprint density at radius 2 is 0.772 bits per heavy atom. The van der Waals surface area contributed by atoms with Crippen molar-refractivity contribution in [3.05, 3.63) is 200 Å². The summed E-state index contributed by atoms with van der Waals surface area (Å²) >= 11 is 0. The number of pyridine rings is 2. The van der Waals surface area contributed by atoms with E-state index in [4.69, 9.17) is 19.7 Å². The fraction of sp³-hybridized carbons (Fsp3) is 0. The Morgan fingerprint density at radius 3 is 1.33 bits per heavy atom. The summed E-state index contributed by atoms with van der Waals surface area (Å²) in [6.45, 7) is 0. The molecule has 0 spiro atoms. The second-order valence-corrected chi connectivity index (χ2v) is 13.8. The lowest BCUT2D eigenvalue weighted by Crippen LogP contribution is -2.01. The molecule has 9 aromatic rings. The number of fused-ring (bicyclic) bond motifs is 6. The first-order valence-corrected chi connectivity index (χ1v) is 18.8. The molecule has 0 N–H and O–H groups in total. The molecule has 57 heavy (non-hydrogen) atoms. The molecule has 1 aliphatic rings. The first kappa shape index (κ1) is 33.7. The molecule has 0 saturated carbocycles. The fourth-order valence-electron chi connectivity index (χ4n) is 7.32. The molecule has 268 valence electrons. The zero-order valence-corrected chi connectivity index (χ0v) is 30.7. The maximum absolute atomic E-state index is 6.80. The first-order chi connectivity index (χ1) is 28.2. The van der Waals surface area contributed by atoms with Crippen LogP contribution in [0.5, 0.6) is 11.5 Å². The van der Waals surface area contributed by atoms with Crippen molar-refractivity contribution in [1.82, 2.24) is 24.9 Å². The molecule has 0 fully saturated rings. The second kappa shape index (κ2) is 14.8. The van der Waals surface area contributed by atoms with Gasteiger partial charge < -0.3 is 4.74 Å². The molecule has 0 aliphatic carbocycles. The van der Waals surface area contributed by atoms with E-state index in [1.54, 1.807) is 12.4 Å². The van der Waals surface area contributed by atoms with Crippen molar-refractivity contribution in [3.63, 3.8) is 0 Å². The highest BCUT2D eigenvalue weighted by Crippen LogP contribution is 2.42. The van der Waals surface area contributed by atoms with Crippen LogP contribution in [-0.4, -0.2) is 24.9 Å². The molecule has 0 amide bonds. The van der Waals surface area contributed by atoms with Gasteiger partial charge in [0, 0.05) is 63.7 Å². The van der Waals surface area contributed by atoms with Crippen LogP contribution in [0, 0.1) is 0 Å². The average Bonchev–Trinajstić information content (AvgIpc) is 3.31. The minimum atomic E-state index is 0.559. The molecule has 0 radical (unpaired) electrons. The number of aromatic nitrogens is 5. The standard InChI is InChI=1S/C51H33N5O/c1-2-18-43-34(11-1)23-24-35-25-26-40(31-46(35)45-20-4-6-22-48(45)57-47-21-5-3-19-44(43)47)51-55-49(38-14-7-12-36(29-38)41-16-9-27-52-32-41)54-50(56-51)39-15-8-13-37(30-39)42-17-10-28-53-33-42/h1-33H. The summed E-state index contributed by atoms with van der Waals surface area (Å²) in [5.41, 5.74) is 12.9. The van der Waals surface area contributed by atoms with Crippen molar-refractivity contribution in [1.29, 1.82) is 0 Å². The SMILES string of the molecule is C1=Cc2ccc(-c3nc(-c4cccc(-c5cccnc5)c4)nc(-c4cccc(-c5cccnc5)c4)n3)cc2-c2ccccc2Oc2ccccc2-c2ccccc21. The van der Waals surface area contributed by atoms with E-state index in [-0.39, 0.29) is 0 Å². The zero-order chi connectivity index (χ0) is 38.0. The molecule has 0 unspecified atom stereocenters. The van der Waals surface area contributed by atoms with Gasteiger partial charge in [0.2, 0.25) is 0 Å². The topological polar surface area (TPSA) is 73.7 Å². The maximum atomic E-state index is 6.80. The maximum Gasteiger partial charge on any atom is 0.164 e. The second-order valence-electron chi connectivity index (χ2n) is 13.8. The van der Waals surface area contributed by atoms with E-state index in [1.807, 2.05) is 79.1 Å². The van der Waals surface area contributed by atoms with E-state index in [1.165, 1.54) is 0 Å². The Balaban J connectivity index is 1.16. The van der Waals surface area contributed by atoms with E-state index in [0.29, 0.717) is 17.5 Å². The Morgan fingerprint density at radius 1 is 0.316 bits per heavy atom. The highest BCUT2D eigenvalue weighted by Gasteiger charge is 2.19. The lowest BCUT2D eigenvalue weighted by molar-refractivity contribution is 0.486. The van der Waals surface area contributed by atoms with Gasteiger partial charge in [-0.05, 0) is 75.8 Å². The summed E-state index contributed by atoms with van der Waals surface area (Å²) in [6, 6.07) is 55.7. The van der Waals surface area contributed by atoms with Gasteiger partial charge in [-0.25, -0.2) is 15.0 Å². The van der Waals surface area contributed by atoms with Crippen molar-refractivity contribution < 1.29 is 4.74 Å². The van der Waals surface area contributed by atoms with Crippen LogP contribution in [0.3, 0.4) is 0 Å². The van der Waals surface area contributed by atoms with Crippen LogP contribution in [-0.2, 0) is 0 Å². The van der Waals surface area contributed by atoms with Crippen molar-refractivity contribution in [2.24, 2.45) is 0 Å². The number of nitrogens with zero attached hydrogens (tertiary/aromatic N) is 5. The highest BCUT2D eigenvalue weighted by molar-refractivity contribution is 5.90. The van der Waals surface area contributed by atoms with Crippen molar-refractivity contribution in [2.45, 2.75) is 0 Å². The molecular formula is C51H33N5O. The van der Waals surface area contributed by atoms with Gasteiger partial charge in [0.05, 0.1) is 0 Å². The van der Waals surface area contributed by atoms with Gasteiger partial charge in [0.25, 0.3) is 0 Å². The van der Waals surface area contributed by atoms with E-state index in [0.717, 1.165) is 83.8 Å². The molecule has 6 aromatic carbocycles. The predicted molar refractivity (Wildman–Crippen MR) is 229 cm³/mol. The lowest BCUT2D eigenvalue weighted by atomic mass is 9.94. The third-order valence-corrected chi connectivity index (χ3v) is 10.2. The zero-order valence-electron chi connectivity index (χ0n) is 30.7. The Hall–Kier alpha value is -7.83. The van der Waals surface area contributed by atoms with Crippen LogP contribution in [0.25, 0.3) is 90.8 Å². The average molecular weight is 732 g/mol. The lowest BCUT2D eigenvalue weighted by Gasteiger charge is -2.16. The molecule has 6 heteroatoms. The quantitative estimate of drug-likeness (QED) is 0.175. The Labute approximate surface area is 330 Å². The minimum Gasteiger partial charge on any atom is -0.456 e. The van der Waals surface area contributed by atoms with E-state index in [2.05, 4.69) is 119 Å². The largest absolute Gasteiger partial charge is 0.456 e.